The van der Waals surface area contributed by atoms with Crippen LogP contribution in [0.1, 0.15) is 31.7 Å². The van der Waals surface area contributed by atoms with Crippen molar-refractivity contribution in [2.75, 3.05) is 0 Å². The Labute approximate surface area is 164 Å². The van der Waals surface area contributed by atoms with Gasteiger partial charge in [0.2, 0.25) is 11.3 Å². The summed E-state index contributed by atoms with van der Waals surface area (Å²) in [6.07, 6.45) is 4.10. The molecule has 1 aromatic heterocycles. The number of aryl methyl sites for hydroxylation is 1. The molecule has 1 unspecified atom stereocenters. The molecule has 2 aromatic carbocycles. The van der Waals surface area contributed by atoms with Crippen molar-refractivity contribution in [2.24, 2.45) is 5.92 Å². The Bertz CT molecular complexity index is 1020. The highest BCUT2D eigenvalue weighted by Crippen LogP contribution is 2.36. The number of hydrogen-bond acceptors (Lipinski definition) is 3. The molecule has 3 aromatic rings. The minimum absolute atomic E-state index is 0.0914. The zero-order valence-corrected chi connectivity index (χ0v) is 16.1. The maximum atomic E-state index is 13.1. The van der Waals surface area contributed by atoms with Gasteiger partial charge in [-0.25, -0.2) is 0 Å². The zero-order chi connectivity index (χ0) is 19.5. The van der Waals surface area contributed by atoms with Crippen LogP contribution in [0.5, 0.6) is 0 Å². The summed E-state index contributed by atoms with van der Waals surface area (Å²) < 4.78 is 1.76. The highest BCUT2D eigenvalue weighted by molar-refractivity contribution is 5.79. The Kier molecular flexibility index (Phi) is 5.24. The van der Waals surface area contributed by atoms with E-state index in [0.717, 1.165) is 11.1 Å². The molecule has 28 heavy (non-hydrogen) atoms. The van der Waals surface area contributed by atoms with Gasteiger partial charge in [-0.15, -0.1) is 0 Å². The van der Waals surface area contributed by atoms with E-state index >= 15 is 0 Å². The largest absolute Gasteiger partial charge is 0.335 e. The lowest BCUT2D eigenvalue weighted by Crippen LogP contribution is -2.39. The van der Waals surface area contributed by atoms with Gasteiger partial charge in [0.1, 0.15) is 0 Å². The van der Waals surface area contributed by atoms with E-state index < -0.39 is 0 Å². The molecular formula is C23H25N3O2. The number of carbonyl (C=O) groups is 1. The molecule has 5 heteroatoms. The normalized spacial score (nSPS) is 14.8. The van der Waals surface area contributed by atoms with Gasteiger partial charge < -0.3 is 4.90 Å². The van der Waals surface area contributed by atoms with Crippen LogP contribution in [0.25, 0.3) is 10.9 Å². The highest BCUT2D eigenvalue weighted by Gasteiger charge is 2.34. The fraction of sp³-hybridized carbons (Fsp3) is 0.348. The number of hydrogen-bond donors (Lipinski definition) is 0. The van der Waals surface area contributed by atoms with Gasteiger partial charge >= 0.3 is 0 Å². The molecule has 1 heterocycles. The van der Waals surface area contributed by atoms with Crippen molar-refractivity contribution in [3.05, 3.63) is 76.6 Å². The molecule has 0 bridgehead atoms. The number of amides is 1. The van der Waals surface area contributed by atoms with Crippen molar-refractivity contribution < 1.29 is 4.79 Å². The SMILES string of the molecule is CC(C1CC1)N(Cc1ccccc1)C(=O)CCn1ncc(=O)c2ccccc21. The van der Waals surface area contributed by atoms with Gasteiger partial charge in [-0.05, 0) is 43.4 Å². The standard InChI is InChI=1S/C23H25N3O2/c1-17(19-11-12-19)25(16-18-7-3-2-4-8-18)23(28)13-14-26-21-10-6-5-9-20(21)22(27)15-24-26/h2-10,15,17,19H,11-14,16H2,1H3. The maximum absolute atomic E-state index is 13.1. The predicted molar refractivity (Wildman–Crippen MR) is 110 cm³/mol. The van der Waals surface area contributed by atoms with Gasteiger partial charge in [0.15, 0.2) is 0 Å². The zero-order valence-electron chi connectivity index (χ0n) is 16.1. The molecule has 0 saturated heterocycles. The summed E-state index contributed by atoms with van der Waals surface area (Å²) in [5.41, 5.74) is 1.83. The highest BCUT2D eigenvalue weighted by atomic mass is 16.2. The van der Waals surface area contributed by atoms with Crippen molar-refractivity contribution in [1.82, 2.24) is 14.7 Å². The Morgan fingerprint density at radius 2 is 1.86 bits per heavy atom. The lowest BCUT2D eigenvalue weighted by atomic mass is 10.1. The van der Waals surface area contributed by atoms with Crippen LogP contribution in [0.4, 0.5) is 0 Å². The molecule has 0 radical (unpaired) electrons. The minimum atomic E-state index is -0.0914. The summed E-state index contributed by atoms with van der Waals surface area (Å²) in [4.78, 5) is 27.1. The third kappa shape index (κ3) is 3.98. The number of fused-ring (bicyclic) bond motifs is 1. The number of benzene rings is 2. The summed E-state index contributed by atoms with van der Waals surface area (Å²) in [5, 5.41) is 4.88. The summed E-state index contributed by atoms with van der Waals surface area (Å²) in [6.45, 7) is 3.25. The molecule has 0 aliphatic heterocycles. The molecule has 0 spiro atoms. The van der Waals surface area contributed by atoms with Gasteiger partial charge in [-0.1, -0.05) is 42.5 Å². The van der Waals surface area contributed by atoms with Crippen LogP contribution in [0, 0.1) is 5.92 Å². The first-order valence-electron chi connectivity index (χ1n) is 9.92. The molecular weight excluding hydrogens is 350 g/mol. The number of para-hydroxylation sites is 1. The fourth-order valence-electron chi connectivity index (χ4n) is 3.76. The predicted octanol–water partition coefficient (Wildman–Crippen LogP) is 3.61. The minimum Gasteiger partial charge on any atom is -0.335 e. The smallest absolute Gasteiger partial charge is 0.224 e. The average Bonchev–Trinajstić information content (AvgIpc) is 3.57. The summed E-state index contributed by atoms with van der Waals surface area (Å²) in [5.74, 6) is 0.742. The van der Waals surface area contributed by atoms with Gasteiger partial charge in [0, 0.05) is 24.4 Å². The van der Waals surface area contributed by atoms with E-state index in [0.29, 0.717) is 30.8 Å². The fourth-order valence-corrected chi connectivity index (χ4v) is 3.76. The number of nitrogens with zero attached hydrogens (tertiary/aromatic N) is 3. The Morgan fingerprint density at radius 3 is 2.61 bits per heavy atom. The Balaban J connectivity index is 1.52. The molecule has 5 nitrogen and oxygen atoms in total. The van der Waals surface area contributed by atoms with Crippen LogP contribution in [-0.4, -0.2) is 26.6 Å². The first-order chi connectivity index (χ1) is 13.6. The van der Waals surface area contributed by atoms with Gasteiger partial charge in [-0.3, -0.25) is 14.3 Å². The van der Waals surface area contributed by atoms with Crippen molar-refractivity contribution in [1.29, 1.82) is 0 Å². The molecule has 1 aliphatic rings. The van der Waals surface area contributed by atoms with E-state index in [9.17, 15) is 9.59 Å². The molecule has 1 fully saturated rings. The molecule has 144 valence electrons. The van der Waals surface area contributed by atoms with Gasteiger partial charge in [0.05, 0.1) is 18.3 Å². The summed E-state index contributed by atoms with van der Waals surface area (Å²) >= 11 is 0. The van der Waals surface area contributed by atoms with Crippen molar-refractivity contribution in [3.63, 3.8) is 0 Å². The first-order valence-corrected chi connectivity index (χ1v) is 9.92. The van der Waals surface area contributed by atoms with Crippen LogP contribution in [-0.2, 0) is 17.9 Å². The van der Waals surface area contributed by atoms with E-state index in [1.165, 1.54) is 19.0 Å². The third-order valence-electron chi connectivity index (χ3n) is 5.61. The van der Waals surface area contributed by atoms with Crippen molar-refractivity contribution in [2.45, 2.75) is 45.3 Å². The van der Waals surface area contributed by atoms with E-state index in [4.69, 9.17) is 0 Å². The molecule has 1 amide bonds. The van der Waals surface area contributed by atoms with Crippen LogP contribution in [0.15, 0.2) is 65.6 Å². The lowest BCUT2D eigenvalue weighted by molar-refractivity contribution is -0.134. The topological polar surface area (TPSA) is 55.2 Å². The van der Waals surface area contributed by atoms with Crippen LogP contribution < -0.4 is 5.43 Å². The van der Waals surface area contributed by atoms with Crippen LogP contribution >= 0.6 is 0 Å². The van der Waals surface area contributed by atoms with Gasteiger partial charge in [0.25, 0.3) is 0 Å². The van der Waals surface area contributed by atoms with Crippen LogP contribution in [0.2, 0.25) is 0 Å². The van der Waals surface area contributed by atoms with Crippen molar-refractivity contribution in [3.8, 4) is 0 Å². The van der Waals surface area contributed by atoms with Crippen molar-refractivity contribution >= 4 is 16.8 Å². The molecule has 4 rings (SSSR count). The number of rotatable bonds is 7. The Hall–Kier alpha value is -2.95. The Morgan fingerprint density at radius 1 is 1.14 bits per heavy atom. The number of carbonyl (C=O) groups excluding carboxylic acids is 1. The molecule has 1 saturated carbocycles. The average molecular weight is 375 g/mol. The monoisotopic (exact) mass is 375 g/mol. The van der Waals surface area contributed by atoms with E-state index in [-0.39, 0.29) is 17.4 Å². The maximum Gasteiger partial charge on any atom is 0.224 e. The molecule has 1 atom stereocenters. The summed E-state index contributed by atoms with van der Waals surface area (Å²) in [7, 11) is 0. The second-order valence-corrected chi connectivity index (χ2v) is 7.58. The second-order valence-electron chi connectivity index (χ2n) is 7.58. The molecule has 1 aliphatic carbocycles. The second kappa shape index (κ2) is 7.97. The van der Waals surface area contributed by atoms with Gasteiger partial charge in [-0.2, -0.15) is 5.10 Å². The van der Waals surface area contributed by atoms with Crippen LogP contribution in [0.3, 0.4) is 0 Å². The summed E-state index contributed by atoms with van der Waals surface area (Å²) in [6, 6.07) is 17.8. The third-order valence-corrected chi connectivity index (χ3v) is 5.61. The van der Waals surface area contributed by atoms with E-state index in [1.54, 1.807) is 10.7 Å². The quantitative estimate of drug-likeness (QED) is 0.634. The first kappa shape index (κ1) is 18.4. The molecule has 0 N–H and O–H groups in total. The lowest BCUT2D eigenvalue weighted by Gasteiger charge is -2.30. The van der Waals surface area contributed by atoms with E-state index in [1.807, 2.05) is 41.3 Å². The number of aromatic nitrogens is 2. The van der Waals surface area contributed by atoms with E-state index in [2.05, 4.69) is 24.2 Å².